The maximum atomic E-state index is 12.3. The van der Waals surface area contributed by atoms with Crippen molar-refractivity contribution in [3.05, 3.63) is 54.1 Å². The van der Waals surface area contributed by atoms with E-state index in [0.717, 1.165) is 38.5 Å². The van der Waals surface area contributed by atoms with Gasteiger partial charge < -0.3 is 54.3 Å². The van der Waals surface area contributed by atoms with Gasteiger partial charge in [-0.15, -0.1) is 0 Å². The molecule has 1 aromatic rings. The molecule has 65 heavy (non-hydrogen) atoms. The Kier molecular flexibility index (Phi) is 33.2. The van der Waals surface area contributed by atoms with Gasteiger partial charge in [-0.3, -0.25) is 4.79 Å². The number of ketones is 1. The zero-order valence-electron chi connectivity index (χ0n) is 36.6. The standard InChI is InChI=1S/C18H28NO6.C18H29NO5.CHF3O3S.2Na.O4S2/c1-2-3-4-5-6-10-24-18(23)13-8-7-9-19(11-13)17-16(22)15(21)14(12-20)25-17;1-2-3-4-5-6-9-14(21)13-8-7-10-19(11-13)18-17(23)16(22)15(12-20)24-18;2-1(3,4)8(5,6)7;;;1-5(2)6(3)4/h7-9,11,14-17,20-22H,2-6,10,12H2,1H3;7,10-11,15-18,20,22-23H,2-6,8-9,12H2,1H3;(H,5,6,7);;;/q+1;;;;;/p-1/t14-,15+,16?,17-;15-,16+,17?,18-;;;;/m11..../s1. The van der Waals surface area contributed by atoms with Gasteiger partial charge in [0.05, 0.1) is 19.8 Å². The first kappa shape index (κ1) is 63.6. The monoisotopic (exact) mass is 1020 g/mol. The number of hydrogen-bond donors (Lipinski definition) is 6. The van der Waals surface area contributed by atoms with E-state index in [1.165, 1.54) is 80.1 Å². The number of ether oxygens (including phenoxy) is 3. The van der Waals surface area contributed by atoms with Gasteiger partial charge in [-0.1, -0.05) is 71.3 Å². The summed E-state index contributed by atoms with van der Waals surface area (Å²) in [4.78, 5) is 26.1. The summed E-state index contributed by atoms with van der Waals surface area (Å²) < 4.78 is 113. The van der Waals surface area contributed by atoms with Crippen LogP contribution >= 0.6 is 0 Å². The summed E-state index contributed by atoms with van der Waals surface area (Å²) in [7, 11) is -12.0. The van der Waals surface area contributed by atoms with E-state index in [4.69, 9.17) is 54.2 Å². The fourth-order valence-corrected chi connectivity index (χ4v) is 5.95. The number of halogens is 3. The third kappa shape index (κ3) is 23.6. The molecule has 0 radical (unpaired) electrons. The maximum absolute atomic E-state index is 12.3. The Balaban J connectivity index is 0.000000949. The van der Waals surface area contributed by atoms with Crippen molar-refractivity contribution in [2.24, 2.45) is 0 Å². The van der Waals surface area contributed by atoms with E-state index in [-0.39, 0.29) is 12.4 Å². The van der Waals surface area contributed by atoms with Crippen LogP contribution in [0.1, 0.15) is 107 Å². The molecule has 0 bridgehead atoms. The van der Waals surface area contributed by atoms with Gasteiger partial charge in [0, 0.05) is 30.5 Å². The van der Waals surface area contributed by atoms with E-state index >= 15 is 0 Å². The number of pyridine rings is 1. The molecule has 2 fully saturated rings. The van der Waals surface area contributed by atoms with Crippen LogP contribution in [0.15, 0.2) is 48.6 Å². The van der Waals surface area contributed by atoms with E-state index < -0.39 is 95.8 Å². The van der Waals surface area contributed by atoms with Crippen LogP contribution in [0, 0.1) is 0 Å². The van der Waals surface area contributed by atoms with Crippen LogP contribution in [0.5, 0.6) is 0 Å². The first-order chi connectivity index (χ1) is 30.6. The molecular weight excluding hydrogens is 960 g/mol. The number of aromatic nitrogens is 1. The van der Waals surface area contributed by atoms with Crippen LogP contribution in [0.2, 0.25) is 0 Å². The van der Waals surface area contributed by atoms with Crippen molar-refractivity contribution in [1.82, 2.24) is 4.90 Å². The van der Waals surface area contributed by atoms with Crippen molar-refractivity contribution < 1.29 is 102 Å². The molecule has 4 rings (SSSR count). The van der Waals surface area contributed by atoms with Crippen molar-refractivity contribution in [1.29, 1.82) is 0 Å². The molecule has 0 amide bonds. The number of aliphatic hydroxyl groups excluding tert-OH is 6. The fourth-order valence-electron chi connectivity index (χ4n) is 5.95. The second-order valence-electron chi connectivity index (χ2n) is 14.1. The number of carbonyl (C=O) groups excluding carboxylic acids is 2. The summed E-state index contributed by atoms with van der Waals surface area (Å²) in [6.07, 6.45) is 12.5. The van der Waals surface area contributed by atoms with E-state index in [0.29, 0.717) is 30.6 Å². The van der Waals surface area contributed by atoms with Gasteiger partial charge >= 0.3 is 73.6 Å². The minimum atomic E-state index is -6.09. The molecule has 4 heterocycles. The van der Waals surface area contributed by atoms with Crippen molar-refractivity contribution in [3.63, 3.8) is 0 Å². The van der Waals surface area contributed by atoms with Crippen LogP contribution in [0.4, 0.5) is 13.2 Å². The van der Waals surface area contributed by atoms with Gasteiger partial charge in [-0.2, -0.15) is 34.6 Å². The first-order valence-corrected chi connectivity index (χ1v) is 32.9. The van der Waals surface area contributed by atoms with Crippen LogP contribution in [0.3, 0.4) is 0 Å². The fraction of sp³-hybridized carbons (Fsp3) is 0.703. The van der Waals surface area contributed by atoms with Gasteiger partial charge in [0.25, 0.3) is 6.23 Å². The SMILES string of the molecule is CCCCCCCC(=O)C1=CN([C@@H]2O[C@H](CO)[C@H](O)C2O)C=CC1.CCCCCCCOC(=O)c1ccc[n+]([C@@H]2O[C@H](CO)[C@H](O)C2O)c1.O=S(=O)([O-])C(F)(F)F.O=S(=O)=S(=O)=O.[Na][Na]. The average molecular weight is 1020 g/mol. The number of hydrogen-bond acceptors (Lipinski definition) is 19. The van der Waals surface area contributed by atoms with Crippen molar-refractivity contribution >= 4 is 84.0 Å². The van der Waals surface area contributed by atoms with E-state index in [2.05, 4.69) is 13.8 Å². The Morgan fingerprint density at radius 2 is 1.37 bits per heavy atom. The molecule has 2 saturated heterocycles. The molecule has 8 atom stereocenters. The average Bonchev–Trinajstić information content (AvgIpc) is 3.74. The summed E-state index contributed by atoms with van der Waals surface area (Å²) in [5.74, 6) is -0.316. The summed E-state index contributed by atoms with van der Waals surface area (Å²) in [6.45, 7) is 3.94. The Morgan fingerprint density at radius 1 is 0.862 bits per heavy atom. The number of carbonyl (C=O) groups is 2. The van der Waals surface area contributed by atoms with E-state index in [9.17, 15) is 43.2 Å². The molecule has 3 aliphatic rings. The molecule has 0 saturated carbocycles. The minimum absolute atomic E-state index is 0.118. The number of unbranched alkanes of at least 4 members (excludes halogenated alkanes) is 8. The zero-order valence-corrected chi connectivity index (χ0v) is 43.1. The van der Waals surface area contributed by atoms with E-state index in [1.807, 2.05) is 6.08 Å². The van der Waals surface area contributed by atoms with E-state index in [1.54, 1.807) is 35.6 Å². The number of Topliss-reactive ketones (excluding diaryl/α,β-unsaturated/α-hetero) is 1. The summed E-state index contributed by atoms with van der Waals surface area (Å²) in [5.41, 5.74) is -4.62. The molecule has 1 aromatic heterocycles. The van der Waals surface area contributed by atoms with Gasteiger partial charge in [-0.05, 0) is 25.3 Å². The number of esters is 1. The molecular formula is C37H57F3N2Na2O18S3. The molecule has 364 valence electrons. The molecule has 20 nitrogen and oxygen atoms in total. The topological polar surface area (TPSA) is 316 Å². The van der Waals surface area contributed by atoms with Crippen molar-refractivity contribution in [2.75, 3.05) is 19.8 Å². The Hall–Kier alpha value is -1.41. The predicted octanol–water partition coefficient (Wildman–Crippen LogP) is 0.121. The Labute approximate surface area is 407 Å². The molecule has 28 heteroatoms. The van der Waals surface area contributed by atoms with Crippen LogP contribution in [-0.4, -0.2) is 189 Å². The Morgan fingerprint density at radius 3 is 1.85 bits per heavy atom. The summed E-state index contributed by atoms with van der Waals surface area (Å²) in [6, 6.07) is 3.27. The molecule has 0 aromatic carbocycles. The van der Waals surface area contributed by atoms with Gasteiger partial charge in [0.1, 0.15) is 36.1 Å². The molecule has 3 aliphatic heterocycles. The third-order valence-electron chi connectivity index (χ3n) is 9.34. The quantitative estimate of drug-likeness (QED) is 0.0284. The molecule has 0 spiro atoms. The molecule has 0 aliphatic carbocycles. The van der Waals surface area contributed by atoms with Crippen molar-refractivity contribution in [2.45, 2.75) is 145 Å². The summed E-state index contributed by atoms with van der Waals surface area (Å²) in [5, 5.41) is 58.2. The second kappa shape index (κ2) is 34.0. The van der Waals surface area contributed by atoms with Gasteiger partial charge in [-0.25, -0.2) is 13.2 Å². The van der Waals surface area contributed by atoms with Gasteiger partial charge in [0.2, 0.25) is 0 Å². The second-order valence-corrected chi connectivity index (χ2v) is 18.0. The number of nitrogens with zero attached hydrogens (tertiary/aromatic N) is 2. The first-order valence-electron chi connectivity index (χ1n) is 20.9. The Bertz CT molecular complexity index is 1970. The zero-order chi connectivity index (χ0) is 49.9. The van der Waals surface area contributed by atoms with Crippen LogP contribution in [0.25, 0.3) is 0 Å². The number of aliphatic hydroxyl groups is 6. The number of allylic oxidation sites excluding steroid dienone is 2. The summed E-state index contributed by atoms with van der Waals surface area (Å²) >= 11 is 2.89. The number of rotatable bonds is 18. The predicted molar refractivity (Wildman–Crippen MR) is 224 cm³/mol. The third-order valence-corrected chi connectivity index (χ3v) is 10.8. The van der Waals surface area contributed by atoms with Crippen LogP contribution < -0.4 is 4.57 Å². The van der Waals surface area contributed by atoms with Crippen LogP contribution in [-0.2, 0) is 47.7 Å². The number of alkyl halides is 3. The molecule has 2 unspecified atom stereocenters. The van der Waals surface area contributed by atoms with Gasteiger partial charge in [0.15, 0.2) is 40.6 Å². The van der Waals surface area contributed by atoms with Crippen molar-refractivity contribution in [3.8, 4) is 0 Å². The molecule has 6 N–H and O–H groups in total. The normalized spacial score (nSPS) is 23.5.